The second kappa shape index (κ2) is 13.2. The Hall–Kier alpha value is -3.04. The van der Waals surface area contributed by atoms with Gasteiger partial charge in [0.15, 0.2) is 0 Å². The van der Waals surface area contributed by atoms with Crippen LogP contribution >= 0.6 is 0 Å². The van der Waals surface area contributed by atoms with Crippen LogP contribution in [0.3, 0.4) is 0 Å². The van der Waals surface area contributed by atoms with E-state index >= 15 is 0 Å². The fraction of sp³-hybridized carbons (Fsp3) is 0.241. The summed E-state index contributed by atoms with van der Waals surface area (Å²) in [5.41, 5.74) is 7.16. The molecule has 0 aromatic heterocycles. The molecule has 0 N–H and O–H groups in total. The van der Waals surface area contributed by atoms with Crippen LogP contribution in [0.4, 0.5) is 0 Å². The van der Waals surface area contributed by atoms with Crippen LogP contribution in [-0.4, -0.2) is 0 Å². The second-order valence-electron chi connectivity index (χ2n) is 7.64. The van der Waals surface area contributed by atoms with Crippen LogP contribution < -0.4 is 0 Å². The Balaban J connectivity index is 0.000000508. The second-order valence-corrected chi connectivity index (χ2v) is 7.64. The van der Waals surface area contributed by atoms with Gasteiger partial charge in [-0.15, -0.1) is 13.2 Å². The maximum absolute atomic E-state index is 3.90. The van der Waals surface area contributed by atoms with Gasteiger partial charge in [0.1, 0.15) is 0 Å². The van der Waals surface area contributed by atoms with E-state index in [1.807, 2.05) is 32.1 Å². The molecule has 29 heavy (non-hydrogen) atoms. The van der Waals surface area contributed by atoms with Crippen LogP contribution in [0.15, 0.2) is 74.9 Å². The van der Waals surface area contributed by atoms with Crippen LogP contribution in [-0.2, 0) is 0 Å². The third kappa shape index (κ3) is 10.2. The van der Waals surface area contributed by atoms with E-state index in [0.29, 0.717) is 0 Å². The van der Waals surface area contributed by atoms with Crippen LogP contribution in [0, 0.1) is 24.2 Å². The summed E-state index contributed by atoms with van der Waals surface area (Å²) in [4.78, 5) is 0. The maximum Gasteiger partial charge on any atom is 0.0245 e. The Kier molecular flexibility index (Phi) is 11.8. The number of aryl methyl sites for hydroxylation is 1. The number of benzene rings is 2. The van der Waals surface area contributed by atoms with Gasteiger partial charge in [-0.05, 0) is 75.9 Å². The highest BCUT2D eigenvalue weighted by atomic mass is 14.1. The summed E-state index contributed by atoms with van der Waals surface area (Å²) in [6.07, 6.45) is 6.06. The third-order valence-electron chi connectivity index (χ3n) is 3.87. The van der Waals surface area contributed by atoms with Crippen molar-refractivity contribution in [2.45, 2.75) is 41.5 Å². The van der Waals surface area contributed by atoms with E-state index in [1.54, 1.807) is 0 Å². The molecule has 0 nitrogen and oxygen atoms in total. The van der Waals surface area contributed by atoms with Crippen LogP contribution in [0.2, 0.25) is 0 Å². The smallest absolute Gasteiger partial charge is 0.0245 e. The summed E-state index contributed by atoms with van der Waals surface area (Å²) in [6.45, 7) is 26.2. The number of hydrogen-bond acceptors (Lipinski definition) is 0. The summed E-state index contributed by atoms with van der Waals surface area (Å²) in [6, 6.07) is 14.5. The summed E-state index contributed by atoms with van der Waals surface area (Å²) in [5.74, 6) is 6.39. The maximum atomic E-state index is 3.90. The van der Waals surface area contributed by atoms with Gasteiger partial charge in [-0.3, -0.25) is 0 Å². The van der Waals surface area contributed by atoms with Crippen molar-refractivity contribution in [1.29, 1.82) is 0 Å². The van der Waals surface area contributed by atoms with Gasteiger partial charge in [-0.25, -0.2) is 0 Å². The minimum Gasteiger partial charge on any atom is -0.106 e. The molecule has 0 heteroatoms. The molecule has 0 heterocycles. The predicted molar refractivity (Wildman–Crippen MR) is 135 cm³/mol. The highest BCUT2D eigenvalue weighted by Gasteiger charge is 2.03. The van der Waals surface area contributed by atoms with E-state index in [2.05, 4.69) is 108 Å². The van der Waals surface area contributed by atoms with Gasteiger partial charge in [0, 0.05) is 11.0 Å². The Bertz CT molecular complexity index is 872. The standard InChI is InChI=1S/C15H18.C12H14.C2H4/c1-12(2)14-8-6-13(7-9-14)10-11-15(3,4)5;1-4-7-12-10(3)8-6-9-11(12)5-2;1-2/h6-9H,1H2,2-5H3;4-9H,2H2,1,3H3;1-2H2/b;7-4-;. The first kappa shape index (κ1) is 26.0. The minimum absolute atomic E-state index is 0.0625. The lowest BCUT2D eigenvalue weighted by atomic mass is 9.97. The largest absolute Gasteiger partial charge is 0.106 e. The van der Waals surface area contributed by atoms with Crippen LogP contribution in [0.25, 0.3) is 17.7 Å². The summed E-state index contributed by atoms with van der Waals surface area (Å²) in [5, 5.41) is 0. The lowest BCUT2D eigenvalue weighted by Crippen LogP contribution is -1.99. The zero-order chi connectivity index (χ0) is 22.4. The molecule has 0 saturated heterocycles. The van der Waals surface area contributed by atoms with E-state index in [4.69, 9.17) is 0 Å². The number of hydrogen-bond donors (Lipinski definition) is 0. The van der Waals surface area contributed by atoms with Gasteiger partial charge >= 0.3 is 0 Å². The van der Waals surface area contributed by atoms with Gasteiger partial charge in [0.25, 0.3) is 0 Å². The van der Waals surface area contributed by atoms with Gasteiger partial charge in [-0.1, -0.05) is 79.1 Å². The zero-order valence-corrected chi connectivity index (χ0v) is 19.1. The third-order valence-corrected chi connectivity index (χ3v) is 3.87. The number of rotatable bonds is 3. The van der Waals surface area contributed by atoms with Gasteiger partial charge in [-0.2, -0.15) is 0 Å². The van der Waals surface area contributed by atoms with E-state index in [9.17, 15) is 0 Å². The summed E-state index contributed by atoms with van der Waals surface area (Å²) in [7, 11) is 0. The van der Waals surface area contributed by atoms with Gasteiger partial charge in [0.05, 0.1) is 0 Å². The molecular formula is C29H36. The topological polar surface area (TPSA) is 0 Å². The van der Waals surface area contributed by atoms with Gasteiger partial charge < -0.3 is 0 Å². The highest BCUT2D eigenvalue weighted by molar-refractivity contribution is 5.66. The fourth-order valence-corrected chi connectivity index (χ4v) is 2.37. The normalized spacial score (nSPS) is 9.86. The first-order valence-corrected chi connectivity index (χ1v) is 9.82. The highest BCUT2D eigenvalue weighted by Crippen LogP contribution is 2.17. The molecule has 0 aliphatic heterocycles. The van der Waals surface area contributed by atoms with E-state index < -0.39 is 0 Å². The van der Waals surface area contributed by atoms with Crippen molar-refractivity contribution in [2.24, 2.45) is 5.41 Å². The average Bonchev–Trinajstić information content (AvgIpc) is 2.70. The quantitative estimate of drug-likeness (QED) is 0.367. The van der Waals surface area contributed by atoms with Crippen molar-refractivity contribution in [3.8, 4) is 11.8 Å². The molecule has 2 aromatic carbocycles. The molecule has 0 aliphatic rings. The first-order valence-electron chi connectivity index (χ1n) is 9.82. The molecule has 0 saturated carbocycles. The molecular weight excluding hydrogens is 348 g/mol. The molecule has 0 fully saturated rings. The molecule has 0 radical (unpaired) electrons. The van der Waals surface area contributed by atoms with Gasteiger partial charge in [0.2, 0.25) is 0 Å². The summed E-state index contributed by atoms with van der Waals surface area (Å²) >= 11 is 0. The Morgan fingerprint density at radius 1 is 1.00 bits per heavy atom. The Labute approximate surface area is 179 Å². The molecule has 0 aliphatic carbocycles. The van der Waals surface area contributed by atoms with E-state index in [0.717, 1.165) is 11.1 Å². The molecule has 2 aromatic rings. The Morgan fingerprint density at radius 3 is 2.03 bits per heavy atom. The number of allylic oxidation sites excluding steroid dienone is 2. The molecule has 0 bridgehead atoms. The van der Waals surface area contributed by atoms with E-state index in [-0.39, 0.29) is 5.41 Å². The van der Waals surface area contributed by atoms with Crippen molar-refractivity contribution in [3.05, 3.63) is 103 Å². The van der Waals surface area contributed by atoms with E-state index in [1.165, 1.54) is 22.3 Å². The van der Waals surface area contributed by atoms with Crippen molar-refractivity contribution < 1.29 is 0 Å². The van der Waals surface area contributed by atoms with Crippen molar-refractivity contribution in [2.75, 3.05) is 0 Å². The molecule has 0 unspecified atom stereocenters. The molecule has 0 atom stereocenters. The molecule has 0 amide bonds. The van der Waals surface area contributed by atoms with Crippen molar-refractivity contribution in [1.82, 2.24) is 0 Å². The lowest BCUT2D eigenvalue weighted by Gasteiger charge is -2.06. The molecule has 152 valence electrons. The zero-order valence-electron chi connectivity index (χ0n) is 19.1. The Morgan fingerprint density at radius 2 is 1.59 bits per heavy atom. The average molecular weight is 385 g/mol. The fourth-order valence-electron chi connectivity index (χ4n) is 2.37. The lowest BCUT2D eigenvalue weighted by molar-refractivity contribution is 0.571. The van der Waals surface area contributed by atoms with Crippen LogP contribution in [0.1, 0.15) is 62.4 Å². The van der Waals surface area contributed by atoms with Crippen molar-refractivity contribution >= 4 is 17.7 Å². The first-order chi connectivity index (χ1) is 13.7. The molecule has 2 rings (SSSR count). The predicted octanol–water partition coefficient (Wildman–Crippen LogP) is 8.59. The monoisotopic (exact) mass is 384 g/mol. The minimum atomic E-state index is 0.0625. The molecule has 0 spiro atoms. The van der Waals surface area contributed by atoms with Crippen LogP contribution in [0.5, 0.6) is 0 Å². The summed E-state index contributed by atoms with van der Waals surface area (Å²) < 4.78 is 0. The SMILES string of the molecule is C=C.C=C(C)c1ccc(C#CC(C)(C)C)cc1.C=Cc1cccc(C)c1/C=C\C. The van der Waals surface area contributed by atoms with Crippen molar-refractivity contribution in [3.63, 3.8) is 0 Å².